The second kappa shape index (κ2) is 10.8. The number of hydrogen-bond donors (Lipinski definition) is 2. The van der Waals surface area contributed by atoms with Gasteiger partial charge in [0.1, 0.15) is 35.2 Å². The molecule has 3 unspecified atom stereocenters. The van der Waals surface area contributed by atoms with E-state index in [2.05, 4.69) is 26.1 Å². The Bertz CT molecular complexity index is 1980. The first-order chi connectivity index (χ1) is 22.2. The van der Waals surface area contributed by atoms with Crippen LogP contribution in [0.5, 0.6) is 11.8 Å². The molecule has 0 saturated carbocycles. The van der Waals surface area contributed by atoms with Crippen molar-refractivity contribution in [3.8, 4) is 35.4 Å². The fourth-order valence-electron chi connectivity index (χ4n) is 7.88. The first kappa shape index (κ1) is 29.0. The van der Waals surface area contributed by atoms with Gasteiger partial charge in [-0.15, -0.1) is 6.42 Å². The molecule has 7 heterocycles. The van der Waals surface area contributed by atoms with Crippen LogP contribution in [0.25, 0.3) is 32.9 Å². The van der Waals surface area contributed by atoms with Crippen molar-refractivity contribution >= 4 is 27.5 Å². The van der Waals surface area contributed by atoms with Crippen LogP contribution in [0.3, 0.4) is 0 Å². The van der Waals surface area contributed by atoms with E-state index >= 15 is 4.39 Å². The van der Waals surface area contributed by atoms with Crippen molar-refractivity contribution < 1.29 is 27.4 Å². The summed E-state index contributed by atoms with van der Waals surface area (Å²) in [5.74, 6) is 1.20. The molecule has 0 amide bonds. The van der Waals surface area contributed by atoms with Crippen LogP contribution >= 0.6 is 0 Å². The maximum absolute atomic E-state index is 16.8. The second-order valence-corrected chi connectivity index (χ2v) is 12.7. The molecule has 46 heavy (non-hydrogen) atoms. The van der Waals surface area contributed by atoms with Crippen LogP contribution in [0.15, 0.2) is 42.1 Å². The van der Waals surface area contributed by atoms with Crippen molar-refractivity contribution in [2.24, 2.45) is 0 Å². The van der Waals surface area contributed by atoms with E-state index in [4.69, 9.17) is 16.1 Å². The lowest BCUT2D eigenvalue weighted by Gasteiger charge is -2.46. The van der Waals surface area contributed by atoms with Gasteiger partial charge in [0.2, 0.25) is 0 Å². The number of nitrogens with zero attached hydrogens (tertiary/aromatic N) is 5. The maximum atomic E-state index is 16.8. The first-order valence-electron chi connectivity index (χ1n) is 15.4. The number of benzene rings is 2. The average Bonchev–Trinajstić information content (AvgIpc) is 3.62. The average molecular weight is 631 g/mol. The lowest BCUT2D eigenvalue weighted by molar-refractivity contribution is 0.108. The van der Waals surface area contributed by atoms with E-state index in [0.717, 1.165) is 25.8 Å². The molecule has 5 aliphatic heterocycles. The van der Waals surface area contributed by atoms with Gasteiger partial charge in [0.25, 0.3) is 6.08 Å². The number of ether oxygens (including phenoxy) is 1. The summed E-state index contributed by atoms with van der Waals surface area (Å²) in [7, 11) is 0. The Labute approximate surface area is 262 Å². The molecule has 12 heteroatoms. The number of aromatic nitrogens is 3. The van der Waals surface area contributed by atoms with Gasteiger partial charge in [0.05, 0.1) is 16.5 Å². The number of phenols is 1. The van der Waals surface area contributed by atoms with Gasteiger partial charge in [0, 0.05) is 54.4 Å². The fourth-order valence-corrected chi connectivity index (χ4v) is 7.88. The normalized spacial score (nSPS) is 24.2. The van der Waals surface area contributed by atoms with Gasteiger partial charge < -0.3 is 20.1 Å². The number of rotatable bonds is 5. The number of halogens is 4. The summed E-state index contributed by atoms with van der Waals surface area (Å²) in [5, 5.41) is 15.1. The van der Waals surface area contributed by atoms with E-state index < -0.39 is 23.3 Å². The number of nitrogens with one attached hydrogen (secondary N) is 1. The van der Waals surface area contributed by atoms with Crippen LogP contribution in [0.1, 0.15) is 37.7 Å². The summed E-state index contributed by atoms with van der Waals surface area (Å²) < 4.78 is 65.0. The van der Waals surface area contributed by atoms with Gasteiger partial charge >= 0.3 is 6.01 Å². The summed E-state index contributed by atoms with van der Waals surface area (Å²) in [5.41, 5.74) is -0.681. The molecule has 2 aromatic carbocycles. The third-order valence-electron chi connectivity index (χ3n) is 10.1. The summed E-state index contributed by atoms with van der Waals surface area (Å²) in [6.45, 7) is 2.36. The molecule has 2 N–H and O–H groups in total. The van der Waals surface area contributed by atoms with Crippen molar-refractivity contribution in [1.82, 2.24) is 25.2 Å². The van der Waals surface area contributed by atoms with E-state index in [1.54, 1.807) is 0 Å². The molecule has 5 aliphatic rings. The third-order valence-corrected chi connectivity index (χ3v) is 10.1. The van der Waals surface area contributed by atoms with Gasteiger partial charge in [-0.2, -0.15) is 18.7 Å². The van der Waals surface area contributed by atoms with E-state index in [1.165, 1.54) is 30.5 Å². The van der Waals surface area contributed by atoms with Crippen LogP contribution in [-0.4, -0.2) is 75.4 Å². The number of terminal acetylenes is 1. The molecule has 4 aromatic rings. The highest BCUT2D eigenvalue weighted by atomic mass is 19.3. The fraction of sp³-hybridized carbons (Fsp3) is 0.382. The summed E-state index contributed by atoms with van der Waals surface area (Å²) in [6.07, 6.45) is 9.20. The van der Waals surface area contributed by atoms with Gasteiger partial charge in [-0.05, 0) is 62.2 Å². The molecule has 0 spiro atoms. The third kappa shape index (κ3) is 4.55. The Morgan fingerprint density at radius 3 is 2.80 bits per heavy atom. The minimum atomic E-state index is -1.65. The predicted molar refractivity (Wildman–Crippen MR) is 165 cm³/mol. The molecule has 0 radical (unpaired) electrons. The molecule has 9 rings (SSSR count). The van der Waals surface area contributed by atoms with E-state index in [9.17, 15) is 18.3 Å². The molecule has 0 aliphatic carbocycles. The first-order valence-corrected chi connectivity index (χ1v) is 15.4. The monoisotopic (exact) mass is 630 g/mol. The number of pyridine rings is 1. The van der Waals surface area contributed by atoms with E-state index in [-0.39, 0.29) is 76.7 Å². The van der Waals surface area contributed by atoms with Crippen LogP contribution in [0.2, 0.25) is 0 Å². The van der Waals surface area contributed by atoms with Crippen molar-refractivity contribution in [2.75, 3.05) is 37.7 Å². The molecule has 5 fully saturated rings. The number of aromatic hydroxyl groups is 1. The van der Waals surface area contributed by atoms with Crippen molar-refractivity contribution in [3.05, 3.63) is 59.3 Å². The molecule has 8 nitrogen and oxygen atoms in total. The topological polar surface area (TPSA) is 86.6 Å². The molecule has 236 valence electrons. The smallest absolute Gasteiger partial charge is 0.319 e. The zero-order valence-corrected chi connectivity index (χ0v) is 24.8. The van der Waals surface area contributed by atoms with E-state index in [1.807, 2.05) is 4.90 Å². The standard InChI is InChI=1S/C34H30F4N6O2/c1-2-23-26(35)7-4-18-10-22(45)11-24(27(18)23)29-28(36)30-25(14-40-29)32(44-16-20-5-6-21(44)13-39-20)42-33(41-30)46-17-34-8-3-9-43(34)15-19(12-34)31(37)38/h1,4,7,10-11,14,20-21,39,45H,3,5-6,8-9,12-13,15-17H2. The lowest BCUT2D eigenvalue weighted by Crippen LogP contribution is -2.61. The SMILES string of the molecule is C#Cc1c(F)ccc2cc(O)cc(-c3ncc4c(N5CC6CCC5CN6)nc(OCC56CCCN5CC(=C(F)F)C6)nc4c3F)c12. The van der Waals surface area contributed by atoms with Gasteiger partial charge in [-0.1, -0.05) is 12.0 Å². The summed E-state index contributed by atoms with van der Waals surface area (Å²) in [4.78, 5) is 17.9. The molecular weight excluding hydrogens is 600 g/mol. The highest BCUT2D eigenvalue weighted by Gasteiger charge is 2.48. The van der Waals surface area contributed by atoms with Crippen LogP contribution in [-0.2, 0) is 0 Å². The summed E-state index contributed by atoms with van der Waals surface area (Å²) in [6, 6.07) is 5.69. The largest absolute Gasteiger partial charge is 0.508 e. The molecule has 5 saturated heterocycles. The van der Waals surface area contributed by atoms with Crippen molar-refractivity contribution in [3.63, 3.8) is 0 Å². The number of piperazine rings is 1. The number of piperidine rings is 2. The quantitative estimate of drug-likeness (QED) is 0.220. The highest BCUT2D eigenvalue weighted by Crippen LogP contribution is 2.44. The van der Waals surface area contributed by atoms with Crippen LogP contribution in [0.4, 0.5) is 23.4 Å². The van der Waals surface area contributed by atoms with Gasteiger partial charge in [0.15, 0.2) is 5.82 Å². The molecule has 2 aromatic heterocycles. The number of hydrogen-bond acceptors (Lipinski definition) is 8. The number of phenolic OH excluding ortho intramolecular Hbond substituents is 1. The molecule has 2 bridgehead atoms. The Morgan fingerprint density at radius 2 is 2.07 bits per heavy atom. The Kier molecular flexibility index (Phi) is 6.81. The minimum Gasteiger partial charge on any atom is -0.508 e. The van der Waals surface area contributed by atoms with Crippen LogP contribution < -0.4 is 15.0 Å². The second-order valence-electron chi connectivity index (χ2n) is 12.7. The highest BCUT2D eigenvalue weighted by molar-refractivity contribution is 6.03. The Balaban J connectivity index is 1.27. The van der Waals surface area contributed by atoms with E-state index in [0.29, 0.717) is 36.1 Å². The lowest BCUT2D eigenvalue weighted by atomic mass is 9.92. The minimum absolute atomic E-state index is 0.0582. The van der Waals surface area contributed by atoms with Crippen molar-refractivity contribution in [2.45, 2.75) is 49.7 Å². The van der Waals surface area contributed by atoms with Crippen molar-refractivity contribution in [1.29, 1.82) is 0 Å². The predicted octanol–water partition coefficient (Wildman–Crippen LogP) is 5.52. The number of anilines is 1. The molecule has 3 atom stereocenters. The van der Waals surface area contributed by atoms with Crippen LogP contribution in [0, 0.1) is 24.0 Å². The maximum Gasteiger partial charge on any atom is 0.319 e. The Morgan fingerprint density at radius 1 is 1.20 bits per heavy atom. The zero-order chi connectivity index (χ0) is 31.7. The number of fused-ring (bicyclic) bond motifs is 6. The zero-order valence-electron chi connectivity index (χ0n) is 24.8. The van der Waals surface area contributed by atoms with Gasteiger partial charge in [-0.25, -0.2) is 8.78 Å². The Hall–Kier alpha value is -4.47. The molecular formula is C34H30F4N6O2. The van der Waals surface area contributed by atoms with Gasteiger partial charge in [-0.3, -0.25) is 9.88 Å². The summed E-state index contributed by atoms with van der Waals surface area (Å²) >= 11 is 0.